The van der Waals surface area contributed by atoms with Gasteiger partial charge in [-0.3, -0.25) is 14.2 Å². The van der Waals surface area contributed by atoms with Gasteiger partial charge >= 0.3 is 0 Å². The molecule has 0 aromatic heterocycles. The number of rotatable bonds is 7. The fourth-order valence-corrected chi connectivity index (χ4v) is 13.8. The molecule has 144 valence electrons. The van der Waals surface area contributed by atoms with Crippen molar-refractivity contribution in [2.45, 2.75) is 125 Å². The monoisotopic (exact) mass is 375 g/mol. The van der Waals surface area contributed by atoms with Crippen molar-refractivity contribution in [3.63, 3.8) is 0 Å². The Kier molecular flexibility index (Phi) is 7.19. The van der Waals surface area contributed by atoms with Gasteiger partial charge < -0.3 is 0 Å². The van der Waals surface area contributed by atoms with Crippen LogP contribution >= 0.6 is 6.34 Å². The maximum Gasteiger partial charge on any atom is 0.0974 e. The SMILES string of the molecule is CC(C)N(C(C)C)[C@H]1C(C)(C)N(C(C)C)P1(=S)N(C(C)C)C(C)C. The van der Waals surface area contributed by atoms with E-state index >= 15 is 0 Å². The molecule has 5 heteroatoms. The van der Waals surface area contributed by atoms with Gasteiger partial charge in [-0.2, -0.15) is 0 Å². The van der Waals surface area contributed by atoms with Crippen molar-refractivity contribution in [3.8, 4) is 0 Å². The summed E-state index contributed by atoms with van der Waals surface area (Å²) in [7, 11) is 0. The predicted octanol–water partition coefficient (Wildman–Crippen LogP) is 5.36. The molecule has 0 aliphatic carbocycles. The summed E-state index contributed by atoms with van der Waals surface area (Å²) in [5.74, 6) is 0.437. The van der Waals surface area contributed by atoms with Gasteiger partial charge in [0.1, 0.15) is 0 Å². The predicted molar refractivity (Wildman–Crippen MR) is 113 cm³/mol. The highest BCUT2D eigenvalue weighted by Crippen LogP contribution is 2.75. The third kappa shape index (κ3) is 3.51. The van der Waals surface area contributed by atoms with E-state index < -0.39 is 6.34 Å². The van der Waals surface area contributed by atoms with Crippen molar-refractivity contribution in [3.05, 3.63) is 0 Å². The summed E-state index contributed by atoms with van der Waals surface area (Å²) in [4.78, 5) is 2.69. The van der Waals surface area contributed by atoms with Gasteiger partial charge in [0, 0.05) is 35.7 Å². The molecule has 0 radical (unpaired) electrons. The van der Waals surface area contributed by atoms with Gasteiger partial charge in [-0.15, -0.1) is 0 Å². The number of hydrogen-bond donors (Lipinski definition) is 0. The zero-order chi connectivity index (χ0) is 19.2. The molecule has 3 nitrogen and oxygen atoms in total. The quantitative estimate of drug-likeness (QED) is 0.554. The molecular formula is C19H42N3PS. The first kappa shape index (κ1) is 22.6. The summed E-state index contributed by atoms with van der Waals surface area (Å²) in [6.07, 6.45) is -1.85. The van der Waals surface area contributed by atoms with Crippen molar-refractivity contribution in [1.29, 1.82) is 0 Å². The third-order valence-electron chi connectivity index (χ3n) is 5.20. The molecule has 0 bridgehead atoms. The zero-order valence-corrected chi connectivity index (χ0v) is 19.9. The van der Waals surface area contributed by atoms with Crippen molar-refractivity contribution >= 4 is 18.1 Å². The van der Waals surface area contributed by atoms with Gasteiger partial charge in [0.15, 0.2) is 0 Å². The number of hydrogen-bond acceptors (Lipinski definition) is 2. The molecule has 1 aliphatic heterocycles. The maximum absolute atomic E-state index is 6.61. The van der Waals surface area contributed by atoms with Crippen LogP contribution in [-0.2, 0) is 11.8 Å². The van der Waals surface area contributed by atoms with E-state index in [0.29, 0.717) is 36.0 Å². The van der Waals surface area contributed by atoms with Gasteiger partial charge in [-0.05, 0) is 83.1 Å². The van der Waals surface area contributed by atoms with Crippen LogP contribution in [0.2, 0.25) is 0 Å². The largest absolute Gasteiger partial charge is 0.287 e. The summed E-state index contributed by atoms with van der Waals surface area (Å²) < 4.78 is 5.34. The van der Waals surface area contributed by atoms with Gasteiger partial charge in [-0.25, -0.2) is 0 Å². The Morgan fingerprint density at radius 2 is 1.17 bits per heavy atom. The Morgan fingerprint density at radius 1 is 0.792 bits per heavy atom. The minimum atomic E-state index is -1.85. The number of nitrogens with zero attached hydrogens (tertiary/aromatic N) is 3. The molecule has 1 saturated heterocycles. The van der Waals surface area contributed by atoms with E-state index in [1.54, 1.807) is 0 Å². The fourth-order valence-electron chi connectivity index (χ4n) is 5.15. The highest BCUT2D eigenvalue weighted by atomic mass is 32.4. The average Bonchev–Trinajstić information content (AvgIpc) is 2.31. The van der Waals surface area contributed by atoms with Crippen LogP contribution in [-0.4, -0.2) is 55.8 Å². The lowest BCUT2D eigenvalue weighted by molar-refractivity contribution is 0.00374. The minimum absolute atomic E-state index is 0.111. The van der Waals surface area contributed by atoms with E-state index in [1.165, 1.54) is 0 Å². The minimum Gasteiger partial charge on any atom is -0.287 e. The van der Waals surface area contributed by atoms with Gasteiger partial charge in [0.05, 0.1) is 12.1 Å². The van der Waals surface area contributed by atoms with Gasteiger partial charge in [-0.1, -0.05) is 11.8 Å². The topological polar surface area (TPSA) is 9.72 Å². The molecule has 0 spiro atoms. The van der Waals surface area contributed by atoms with Crippen LogP contribution < -0.4 is 0 Å². The van der Waals surface area contributed by atoms with Crippen molar-refractivity contribution in [2.24, 2.45) is 0 Å². The van der Waals surface area contributed by atoms with E-state index in [1.807, 2.05) is 0 Å². The fraction of sp³-hybridized carbons (Fsp3) is 1.00. The summed E-state index contributed by atoms with van der Waals surface area (Å²) in [5.41, 5.74) is 0.111. The molecular weight excluding hydrogens is 333 g/mol. The van der Waals surface area contributed by atoms with Crippen molar-refractivity contribution in [2.75, 3.05) is 0 Å². The van der Waals surface area contributed by atoms with Crippen LogP contribution in [0.3, 0.4) is 0 Å². The normalized spacial score (nSPS) is 28.2. The summed E-state index contributed by atoms with van der Waals surface area (Å²) >= 11 is 6.61. The molecule has 0 N–H and O–H groups in total. The molecule has 0 aromatic carbocycles. The Morgan fingerprint density at radius 3 is 1.42 bits per heavy atom. The Bertz CT molecular complexity index is 438. The van der Waals surface area contributed by atoms with Crippen LogP contribution in [0.15, 0.2) is 0 Å². The Labute approximate surface area is 157 Å². The molecule has 1 rings (SSSR count). The summed E-state index contributed by atoms with van der Waals surface area (Å²) in [6.45, 7) is 28.0. The summed E-state index contributed by atoms with van der Waals surface area (Å²) in [6, 6.07) is 2.43. The van der Waals surface area contributed by atoms with Crippen molar-refractivity contribution < 1.29 is 0 Å². The second kappa shape index (κ2) is 7.64. The molecule has 1 fully saturated rings. The first-order valence-electron chi connectivity index (χ1n) is 9.68. The van der Waals surface area contributed by atoms with Gasteiger partial charge in [0.2, 0.25) is 0 Å². The van der Waals surface area contributed by atoms with Crippen LogP contribution in [0.25, 0.3) is 0 Å². The second-order valence-electron chi connectivity index (χ2n) is 9.26. The molecule has 1 unspecified atom stereocenters. The first-order valence-corrected chi connectivity index (χ1v) is 12.5. The zero-order valence-electron chi connectivity index (χ0n) is 18.2. The highest BCUT2D eigenvalue weighted by molar-refractivity contribution is 8.13. The average molecular weight is 376 g/mol. The van der Waals surface area contributed by atoms with Crippen LogP contribution in [0.1, 0.15) is 83.1 Å². The van der Waals surface area contributed by atoms with E-state index in [2.05, 4.69) is 97.3 Å². The molecule has 0 saturated carbocycles. The summed E-state index contributed by atoms with van der Waals surface area (Å²) in [5, 5.41) is 0. The van der Waals surface area contributed by atoms with Crippen molar-refractivity contribution in [1.82, 2.24) is 14.2 Å². The molecule has 1 heterocycles. The molecule has 2 atom stereocenters. The molecule has 0 aromatic rings. The third-order valence-corrected chi connectivity index (χ3v) is 11.6. The van der Waals surface area contributed by atoms with E-state index in [-0.39, 0.29) is 5.54 Å². The first-order chi connectivity index (χ1) is 10.7. The van der Waals surface area contributed by atoms with E-state index in [9.17, 15) is 0 Å². The Balaban J connectivity index is 3.56. The molecule has 1 aliphatic rings. The van der Waals surface area contributed by atoms with Crippen LogP contribution in [0.4, 0.5) is 0 Å². The van der Waals surface area contributed by atoms with Crippen LogP contribution in [0, 0.1) is 0 Å². The second-order valence-corrected chi connectivity index (χ2v) is 13.4. The van der Waals surface area contributed by atoms with Crippen LogP contribution in [0.5, 0.6) is 0 Å². The van der Waals surface area contributed by atoms with E-state index in [0.717, 1.165) is 0 Å². The lowest BCUT2D eigenvalue weighted by Gasteiger charge is -2.72. The smallest absolute Gasteiger partial charge is 0.0974 e. The standard InChI is InChI=1S/C19H42N3PS/c1-13(2)20(14(3)4)18-19(11,12)22(17(9)10)23(18,24)21(15(5)6)16(7)8/h13-18H,1-12H3/t18-,23?/m1/s1. The molecule has 0 amide bonds. The van der Waals surface area contributed by atoms with Gasteiger partial charge in [0.25, 0.3) is 0 Å². The lowest BCUT2D eigenvalue weighted by atomic mass is 9.99. The Hall–Kier alpha value is 0.530. The highest BCUT2D eigenvalue weighted by Gasteiger charge is 2.65. The maximum atomic E-state index is 6.61. The molecule has 24 heavy (non-hydrogen) atoms. The lowest BCUT2D eigenvalue weighted by Crippen LogP contribution is -2.74. The van der Waals surface area contributed by atoms with E-state index in [4.69, 9.17) is 11.8 Å².